The van der Waals surface area contributed by atoms with E-state index in [0.29, 0.717) is 22.7 Å². The van der Waals surface area contributed by atoms with Crippen LogP contribution in [0.25, 0.3) is 0 Å². The minimum Gasteiger partial charge on any atom is -0.437 e. The van der Waals surface area contributed by atoms with Crippen LogP contribution in [-0.4, -0.2) is 16.0 Å². The van der Waals surface area contributed by atoms with Crippen molar-refractivity contribution >= 4 is 11.6 Å². The van der Waals surface area contributed by atoms with Gasteiger partial charge in [0.2, 0.25) is 5.88 Å². The largest absolute Gasteiger partial charge is 0.437 e. The highest BCUT2D eigenvalue weighted by Gasteiger charge is 2.20. The van der Waals surface area contributed by atoms with Crippen LogP contribution in [0, 0.1) is 6.92 Å². The van der Waals surface area contributed by atoms with Gasteiger partial charge in [0, 0.05) is 31.0 Å². The van der Waals surface area contributed by atoms with Gasteiger partial charge in [-0.3, -0.25) is 4.98 Å². The lowest BCUT2D eigenvalue weighted by Gasteiger charge is -2.10. The Morgan fingerprint density at radius 2 is 2.25 bits per heavy atom. The highest BCUT2D eigenvalue weighted by molar-refractivity contribution is 6.31. The van der Waals surface area contributed by atoms with Crippen LogP contribution in [0.4, 0.5) is 0 Å². The minimum atomic E-state index is 0.540. The van der Waals surface area contributed by atoms with Crippen molar-refractivity contribution in [3.05, 3.63) is 46.9 Å². The molecule has 4 nitrogen and oxygen atoms in total. The molecule has 0 unspecified atom stereocenters. The Kier molecular flexibility index (Phi) is 3.85. The number of aromatic nitrogens is 2. The summed E-state index contributed by atoms with van der Waals surface area (Å²) in [6, 6.07) is 6.24. The first-order valence-corrected chi connectivity index (χ1v) is 7.07. The summed E-state index contributed by atoms with van der Waals surface area (Å²) >= 11 is 6.16. The van der Waals surface area contributed by atoms with Gasteiger partial charge in [0.25, 0.3) is 0 Å². The Hall–Kier alpha value is -1.65. The van der Waals surface area contributed by atoms with Crippen molar-refractivity contribution < 1.29 is 4.74 Å². The zero-order valence-electron chi connectivity index (χ0n) is 11.3. The van der Waals surface area contributed by atoms with Gasteiger partial charge in [-0.2, -0.15) is 0 Å². The van der Waals surface area contributed by atoms with Gasteiger partial charge in [-0.1, -0.05) is 11.6 Å². The molecule has 2 aromatic rings. The number of hydrogen-bond acceptors (Lipinski definition) is 4. The summed E-state index contributed by atoms with van der Waals surface area (Å²) in [6.07, 6.45) is 5.87. The number of pyridine rings is 2. The molecule has 0 spiro atoms. The molecule has 0 bridgehead atoms. The molecule has 104 valence electrons. The second kappa shape index (κ2) is 5.77. The maximum absolute atomic E-state index is 6.16. The first-order valence-electron chi connectivity index (χ1n) is 6.69. The Bertz CT molecular complexity index is 614. The van der Waals surface area contributed by atoms with Crippen LogP contribution in [-0.2, 0) is 6.54 Å². The molecule has 1 saturated carbocycles. The Morgan fingerprint density at radius 3 is 3.00 bits per heavy atom. The van der Waals surface area contributed by atoms with Crippen molar-refractivity contribution in [1.29, 1.82) is 0 Å². The fourth-order valence-corrected chi connectivity index (χ4v) is 2.05. The third-order valence-corrected chi connectivity index (χ3v) is 3.58. The van der Waals surface area contributed by atoms with Gasteiger partial charge in [0.05, 0.1) is 10.7 Å². The van der Waals surface area contributed by atoms with E-state index in [2.05, 4.69) is 15.3 Å². The zero-order valence-corrected chi connectivity index (χ0v) is 12.0. The van der Waals surface area contributed by atoms with E-state index in [1.165, 1.54) is 12.8 Å². The standard InChI is InChI=1S/C15H16ClN3O/c1-10-14(3-2-6-17-10)20-15-7-11(13(16)9-19-15)8-18-12-4-5-12/h2-3,6-7,9,12,18H,4-5,8H2,1H3. The number of nitrogens with zero attached hydrogens (tertiary/aromatic N) is 2. The van der Waals surface area contributed by atoms with Crippen molar-refractivity contribution in [3.8, 4) is 11.6 Å². The van der Waals surface area contributed by atoms with Gasteiger partial charge < -0.3 is 10.1 Å². The van der Waals surface area contributed by atoms with Gasteiger partial charge in [-0.05, 0) is 37.5 Å². The summed E-state index contributed by atoms with van der Waals surface area (Å²) < 4.78 is 5.77. The number of hydrogen-bond donors (Lipinski definition) is 1. The van der Waals surface area contributed by atoms with E-state index in [1.54, 1.807) is 12.4 Å². The van der Waals surface area contributed by atoms with Gasteiger partial charge in [-0.25, -0.2) is 4.98 Å². The lowest BCUT2D eigenvalue weighted by Crippen LogP contribution is -2.15. The fraction of sp³-hybridized carbons (Fsp3) is 0.333. The molecule has 0 aromatic carbocycles. The molecule has 2 heterocycles. The molecule has 0 amide bonds. The monoisotopic (exact) mass is 289 g/mol. The predicted molar refractivity (Wildman–Crippen MR) is 78.2 cm³/mol. The molecule has 0 radical (unpaired) electrons. The van der Waals surface area contributed by atoms with Crippen LogP contribution in [0.5, 0.6) is 11.6 Å². The topological polar surface area (TPSA) is 47.0 Å². The number of rotatable bonds is 5. The zero-order chi connectivity index (χ0) is 13.9. The highest BCUT2D eigenvalue weighted by atomic mass is 35.5. The Labute approximate surface area is 123 Å². The van der Waals surface area contributed by atoms with Crippen molar-refractivity contribution in [2.24, 2.45) is 0 Å². The minimum absolute atomic E-state index is 0.540. The third-order valence-electron chi connectivity index (χ3n) is 3.24. The first-order chi connectivity index (χ1) is 9.72. The summed E-state index contributed by atoms with van der Waals surface area (Å²) in [7, 11) is 0. The summed E-state index contributed by atoms with van der Waals surface area (Å²) in [5.41, 5.74) is 1.84. The molecular weight excluding hydrogens is 274 g/mol. The Balaban J connectivity index is 1.75. The normalized spacial score (nSPS) is 14.3. The molecule has 20 heavy (non-hydrogen) atoms. The van der Waals surface area contributed by atoms with E-state index in [4.69, 9.17) is 16.3 Å². The maximum atomic E-state index is 6.16. The van der Waals surface area contributed by atoms with E-state index >= 15 is 0 Å². The molecule has 5 heteroatoms. The molecule has 1 fully saturated rings. The first kappa shape index (κ1) is 13.3. The van der Waals surface area contributed by atoms with Gasteiger partial charge in [-0.15, -0.1) is 0 Å². The molecule has 3 rings (SSSR count). The highest BCUT2D eigenvalue weighted by Crippen LogP contribution is 2.26. The van der Waals surface area contributed by atoms with Crippen molar-refractivity contribution in [2.45, 2.75) is 32.4 Å². The SMILES string of the molecule is Cc1ncccc1Oc1cc(CNC2CC2)c(Cl)cn1. The van der Waals surface area contributed by atoms with Gasteiger partial charge >= 0.3 is 0 Å². The third kappa shape index (κ3) is 3.26. The van der Waals surface area contributed by atoms with E-state index < -0.39 is 0 Å². The molecule has 1 aliphatic rings. The number of nitrogens with one attached hydrogen (secondary N) is 1. The van der Waals surface area contributed by atoms with E-state index in [0.717, 1.165) is 17.8 Å². The van der Waals surface area contributed by atoms with E-state index in [9.17, 15) is 0 Å². The molecule has 2 aromatic heterocycles. The number of ether oxygens (including phenoxy) is 1. The average molecular weight is 290 g/mol. The van der Waals surface area contributed by atoms with Crippen LogP contribution >= 0.6 is 11.6 Å². The summed E-state index contributed by atoms with van der Waals surface area (Å²) in [4.78, 5) is 8.40. The van der Waals surface area contributed by atoms with E-state index in [1.807, 2.05) is 25.1 Å². The lowest BCUT2D eigenvalue weighted by atomic mass is 10.2. The van der Waals surface area contributed by atoms with Crippen LogP contribution in [0.3, 0.4) is 0 Å². The van der Waals surface area contributed by atoms with Crippen molar-refractivity contribution in [2.75, 3.05) is 0 Å². The summed E-state index contributed by atoms with van der Waals surface area (Å²) in [6.45, 7) is 2.65. The van der Waals surface area contributed by atoms with Crippen LogP contribution < -0.4 is 10.1 Å². The molecule has 1 N–H and O–H groups in total. The second-order valence-electron chi connectivity index (χ2n) is 4.96. The maximum Gasteiger partial charge on any atom is 0.219 e. The van der Waals surface area contributed by atoms with Crippen LogP contribution in [0.1, 0.15) is 24.1 Å². The molecule has 0 saturated heterocycles. The van der Waals surface area contributed by atoms with Crippen LogP contribution in [0.15, 0.2) is 30.6 Å². The Morgan fingerprint density at radius 1 is 1.40 bits per heavy atom. The summed E-state index contributed by atoms with van der Waals surface area (Å²) in [5.74, 6) is 1.25. The van der Waals surface area contributed by atoms with Crippen LogP contribution in [0.2, 0.25) is 5.02 Å². The van der Waals surface area contributed by atoms with Gasteiger partial charge in [0.1, 0.15) is 0 Å². The quantitative estimate of drug-likeness (QED) is 0.915. The van der Waals surface area contributed by atoms with Crippen molar-refractivity contribution in [3.63, 3.8) is 0 Å². The summed E-state index contributed by atoms with van der Waals surface area (Å²) in [5, 5.41) is 4.10. The number of aryl methyl sites for hydroxylation is 1. The smallest absolute Gasteiger partial charge is 0.219 e. The second-order valence-corrected chi connectivity index (χ2v) is 5.37. The fourth-order valence-electron chi connectivity index (χ4n) is 1.88. The molecular formula is C15H16ClN3O. The average Bonchev–Trinajstić information content (AvgIpc) is 3.26. The van der Waals surface area contributed by atoms with Crippen molar-refractivity contribution in [1.82, 2.24) is 15.3 Å². The molecule has 0 atom stereocenters. The van der Waals surface area contributed by atoms with Gasteiger partial charge in [0.15, 0.2) is 5.75 Å². The van der Waals surface area contributed by atoms with E-state index in [-0.39, 0.29) is 0 Å². The predicted octanol–water partition coefficient (Wildman–Crippen LogP) is 3.48. The molecule has 0 aliphatic heterocycles. The number of halogens is 1. The lowest BCUT2D eigenvalue weighted by molar-refractivity contribution is 0.455. The molecule has 1 aliphatic carbocycles.